The van der Waals surface area contributed by atoms with E-state index in [9.17, 15) is 4.39 Å². The lowest BCUT2D eigenvalue weighted by molar-refractivity contribution is 0.429. The highest BCUT2D eigenvalue weighted by Gasteiger charge is 2.11. The van der Waals surface area contributed by atoms with Crippen LogP contribution in [0.3, 0.4) is 0 Å². The van der Waals surface area contributed by atoms with Crippen LogP contribution >= 0.6 is 0 Å². The second-order valence-corrected chi connectivity index (χ2v) is 4.44. The molecule has 2 N–H and O–H groups in total. The third-order valence-corrected chi connectivity index (χ3v) is 2.99. The fraction of sp³-hybridized carbons (Fsp3) is 0.0667. The second kappa shape index (κ2) is 4.77. The quantitative estimate of drug-likeness (QED) is 0.724. The fourth-order valence-corrected chi connectivity index (χ4v) is 1.94. The van der Waals surface area contributed by atoms with E-state index in [1.807, 2.05) is 0 Å². The number of halogens is 1. The summed E-state index contributed by atoms with van der Waals surface area (Å²) in [5.41, 5.74) is 7.53. The summed E-state index contributed by atoms with van der Waals surface area (Å²) in [7, 11) is 0. The molecule has 2 aromatic carbocycles. The Morgan fingerprint density at radius 1 is 1.15 bits per heavy atom. The molecule has 4 nitrogen and oxygen atoms in total. The summed E-state index contributed by atoms with van der Waals surface area (Å²) in [5, 5.41) is 0.647. The number of aryl methyl sites for hydroxylation is 1. The number of ether oxygens (including phenoxy) is 1. The summed E-state index contributed by atoms with van der Waals surface area (Å²) in [6.45, 7) is 1.68. The van der Waals surface area contributed by atoms with E-state index in [4.69, 9.17) is 10.5 Å². The predicted octanol–water partition coefficient (Wildman–Crippen LogP) is 3.45. The van der Waals surface area contributed by atoms with Crippen LogP contribution in [0.2, 0.25) is 0 Å². The van der Waals surface area contributed by atoms with Crippen molar-refractivity contribution >= 4 is 16.6 Å². The molecular formula is C15H12FN3O. The highest BCUT2D eigenvalue weighted by atomic mass is 19.1. The van der Waals surface area contributed by atoms with Crippen molar-refractivity contribution in [3.05, 3.63) is 54.1 Å². The monoisotopic (exact) mass is 269 g/mol. The topological polar surface area (TPSA) is 61.0 Å². The molecule has 1 aromatic heterocycles. The van der Waals surface area contributed by atoms with Gasteiger partial charge in [-0.1, -0.05) is 12.1 Å². The van der Waals surface area contributed by atoms with Crippen molar-refractivity contribution in [3.63, 3.8) is 0 Å². The molecule has 5 heteroatoms. The van der Waals surface area contributed by atoms with Crippen LogP contribution in [0.15, 0.2) is 42.7 Å². The van der Waals surface area contributed by atoms with Gasteiger partial charge in [0.1, 0.15) is 6.33 Å². The van der Waals surface area contributed by atoms with Gasteiger partial charge < -0.3 is 10.5 Å². The Balaban J connectivity index is 2.11. The van der Waals surface area contributed by atoms with E-state index in [1.165, 1.54) is 6.33 Å². The van der Waals surface area contributed by atoms with E-state index in [-0.39, 0.29) is 11.6 Å². The van der Waals surface area contributed by atoms with Gasteiger partial charge in [-0.3, -0.25) is 0 Å². The Bertz CT molecular complexity index is 789. The zero-order valence-corrected chi connectivity index (χ0v) is 10.8. The summed E-state index contributed by atoms with van der Waals surface area (Å²) in [6.07, 6.45) is 1.38. The van der Waals surface area contributed by atoms with Crippen LogP contribution in [0.5, 0.6) is 11.6 Å². The Morgan fingerprint density at radius 3 is 2.85 bits per heavy atom. The van der Waals surface area contributed by atoms with Crippen LogP contribution in [0, 0.1) is 12.7 Å². The number of benzene rings is 2. The molecule has 0 aliphatic rings. The van der Waals surface area contributed by atoms with Crippen LogP contribution in [0.1, 0.15) is 5.56 Å². The number of aromatic nitrogens is 2. The van der Waals surface area contributed by atoms with Crippen molar-refractivity contribution in [2.24, 2.45) is 0 Å². The molecule has 0 aliphatic carbocycles. The van der Waals surface area contributed by atoms with E-state index in [1.54, 1.807) is 43.3 Å². The average Bonchev–Trinajstić information content (AvgIpc) is 2.44. The lowest BCUT2D eigenvalue weighted by Gasteiger charge is -2.09. The van der Waals surface area contributed by atoms with Gasteiger partial charge in [0.05, 0.1) is 10.9 Å². The van der Waals surface area contributed by atoms with Gasteiger partial charge in [0.2, 0.25) is 5.88 Å². The van der Waals surface area contributed by atoms with Gasteiger partial charge in [-0.15, -0.1) is 0 Å². The van der Waals surface area contributed by atoms with E-state index in [0.29, 0.717) is 22.2 Å². The van der Waals surface area contributed by atoms with E-state index in [0.717, 1.165) is 0 Å². The van der Waals surface area contributed by atoms with Gasteiger partial charge in [-0.05, 0) is 36.8 Å². The number of nitrogens with zero attached hydrogens (tertiary/aromatic N) is 2. The summed E-state index contributed by atoms with van der Waals surface area (Å²) in [4.78, 5) is 8.18. The van der Waals surface area contributed by atoms with Gasteiger partial charge >= 0.3 is 0 Å². The first kappa shape index (κ1) is 12.3. The lowest BCUT2D eigenvalue weighted by atomic mass is 10.2. The Kier molecular flexibility index (Phi) is 2.95. The minimum absolute atomic E-state index is 0.132. The number of anilines is 1. The molecule has 0 atom stereocenters. The van der Waals surface area contributed by atoms with Crippen LogP contribution in [0.25, 0.3) is 10.9 Å². The first-order valence-corrected chi connectivity index (χ1v) is 6.08. The molecule has 0 bridgehead atoms. The van der Waals surface area contributed by atoms with Gasteiger partial charge in [-0.2, -0.15) is 0 Å². The molecule has 0 amide bonds. The van der Waals surface area contributed by atoms with Gasteiger partial charge in [0, 0.05) is 5.69 Å². The highest BCUT2D eigenvalue weighted by molar-refractivity contribution is 5.86. The van der Waals surface area contributed by atoms with Crippen molar-refractivity contribution in [3.8, 4) is 11.6 Å². The number of nitrogens with two attached hydrogens (primary N) is 1. The van der Waals surface area contributed by atoms with Crippen molar-refractivity contribution in [1.29, 1.82) is 0 Å². The number of rotatable bonds is 2. The first-order valence-electron chi connectivity index (χ1n) is 6.08. The molecule has 0 saturated carbocycles. The zero-order valence-electron chi connectivity index (χ0n) is 10.8. The van der Waals surface area contributed by atoms with Crippen LogP contribution in [-0.4, -0.2) is 9.97 Å². The molecule has 100 valence electrons. The molecule has 20 heavy (non-hydrogen) atoms. The molecule has 0 saturated heterocycles. The Labute approximate surface area is 115 Å². The molecule has 0 fully saturated rings. The van der Waals surface area contributed by atoms with Gasteiger partial charge in [-0.25, -0.2) is 14.4 Å². The number of nitrogen functional groups attached to an aromatic ring is 1. The first-order chi connectivity index (χ1) is 9.65. The van der Waals surface area contributed by atoms with Crippen LogP contribution in [-0.2, 0) is 0 Å². The summed E-state index contributed by atoms with van der Waals surface area (Å²) in [5.74, 6) is 0.0161. The number of fused-ring (bicyclic) bond motifs is 1. The number of hydrogen-bond acceptors (Lipinski definition) is 4. The van der Waals surface area contributed by atoms with Crippen molar-refractivity contribution in [1.82, 2.24) is 9.97 Å². The van der Waals surface area contributed by atoms with E-state index in [2.05, 4.69) is 9.97 Å². The molecule has 3 aromatic rings. The van der Waals surface area contributed by atoms with Crippen molar-refractivity contribution in [2.75, 3.05) is 5.73 Å². The van der Waals surface area contributed by atoms with E-state index >= 15 is 0 Å². The minimum atomic E-state index is -0.400. The largest absolute Gasteiger partial charge is 0.435 e. The molecule has 3 rings (SSSR count). The Morgan fingerprint density at radius 2 is 2.00 bits per heavy atom. The SMILES string of the molecule is Cc1cccc(Oc2ncnc3ccc(N)cc23)c1F. The third kappa shape index (κ3) is 2.14. The Hall–Kier alpha value is -2.69. The highest BCUT2D eigenvalue weighted by Crippen LogP contribution is 2.30. The zero-order chi connectivity index (χ0) is 14.1. The van der Waals surface area contributed by atoms with Gasteiger partial charge in [0.25, 0.3) is 0 Å². The smallest absolute Gasteiger partial charge is 0.230 e. The maximum atomic E-state index is 14.0. The maximum absolute atomic E-state index is 14.0. The summed E-state index contributed by atoms with van der Waals surface area (Å²) < 4.78 is 19.6. The minimum Gasteiger partial charge on any atom is -0.435 e. The van der Waals surface area contributed by atoms with Crippen LogP contribution in [0.4, 0.5) is 10.1 Å². The normalized spacial score (nSPS) is 10.7. The molecule has 1 heterocycles. The van der Waals surface area contributed by atoms with Crippen LogP contribution < -0.4 is 10.5 Å². The second-order valence-electron chi connectivity index (χ2n) is 4.44. The standard InChI is InChI=1S/C15H12FN3O/c1-9-3-2-4-13(14(9)16)20-15-11-7-10(17)5-6-12(11)18-8-19-15/h2-8H,17H2,1H3. The predicted molar refractivity (Wildman–Crippen MR) is 75.2 cm³/mol. The molecule has 0 unspecified atom stereocenters. The van der Waals surface area contributed by atoms with Crippen molar-refractivity contribution < 1.29 is 9.13 Å². The molecule has 0 radical (unpaired) electrons. The molecule has 0 aliphatic heterocycles. The lowest BCUT2D eigenvalue weighted by Crippen LogP contribution is -1.95. The maximum Gasteiger partial charge on any atom is 0.230 e. The fourth-order valence-electron chi connectivity index (χ4n) is 1.94. The molecule has 0 spiro atoms. The third-order valence-electron chi connectivity index (χ3n) is 2.99. The van der Waals surface area contributed by atoms with Gasteiger partial charge in [0.15, 0.2) is 11.6 Å². The summed E-state index contributed by atoms with van der Waals surface area (Å²) in [6, 6.07) is 10.2. The molecular weight excluding hydrogens is 257 g/mol. The average molecular weight is 269 g/mol. The van der Waals surface area contributed by atoms with E-state index < -0.39 is 5.82 Å². The number of hydrogen-bond donors (Lipinski definition) is 1. The summed E-state index contributed by atoms with van der Waals surface area (Å²) >= 11 is 0. The van der Waals surface area contributed by atoms with Crippen molar-refractivity contribution in [2.45, 2.75) is 6.92 Å².